The number of carbonyl (C=O) groups is 2. The van der Waals surface area contributed by atoms with E-state index in [1.165, 1.54) is 0 Å². The van der Waals surface area contributed by atoms with Crippen LogP contribution in [0.2, 0.25) is 0 Å². The van der Waals surface area contributed by atoms with Gasteiger partial charge in [-0.2, -0.15) is 0 Å². The molecule has 0 spiro atoms. The summed E-state index contributed by atoms with van der Waals surface area (Å²) in [6.45, 7) is 3.84. The first-order valence-electron chi connectivity index (χ1n) is 7.88. The number of hydrogen-bond donors (Lipinski definition) is 1. The zero-order chi connectivity index (χ0) is 15.5. The summed E-state index contributed by atoms with van der Waals surface area (Å²) in [5.74, 6) is -0.865. The summed E-state index contributed by atoms with van der Waals surface area (Å²) >= 11 is 0. The van der Waals surface area contributed by atoms with Crippen LogP contribution in [0, 0.1) is 0 Å². The first kappa shape index (κ1) is 16.1. The van der Waals surface area contributed by atoms with Gasteiger partial charge in [-0.3, -0.25) is 0 Å². The van der Waals surface area contributed by atoms with Crippen LogP contribution in [0.3, 0.4) is 0 Å². The molecule has 1 unspecified atom stereocenters. The SMILES string of the molecule is CCCC1(C(=O)O)CCCN1C(=O)N(C)C1CCOCC1. The van der Waals surface area contributed by atoms with Gasteiger partial charge in [0.1, 0.15) is 5.54 Å². The number of urea groups is 1. The zero-order valence-electron chi connectivity index (χ0n) is 13.0. The van der Waals surface area contributed by atoms with Crippen molar-refractivity contribution in [3.63, 3.8) is 0 Å². The number of rotatable bonds is 4. The van der Waals surface area contributed by atoms with E-state index in [0.717, 1.165) is 25.7 Å². The number of aliphatic carboxylic acids is 1. The minimum Gasteiger partial charge on any atom is -0.479 e. The largest absolute Gasteiger partial charge is 0.479 e. The van der Waals surface area contributed by atoms with E-state index in [0.29, 0.717) is 32.6 Å². The first-order valence-corrected chi connectivity index (χ1v) is 7.88. The Bertz CT molecular complexity index is 395. The molecule has 0 aromatic rings. The van der Waals surface area contributed by atoms with Gasteiger partial charge in [0.2, 0.25) is 0 Å². The van der Waals surface area contributed by atoms with E-state index in [1.807, 2.05) is 6.92 Å². The Labute approximate surface area is 126 Å². The van der Waals surface area contributed by atoms with Crippen LogP contribution in [0.1, 0.15) is 45.4 Å². The van der Waals surface area contributed by atoms with Gasteiger partial charge in [0.15, 0.2) is 0 Å². The Morgan fingerprint density at radius 3 is 2.62 bits per heavy atom. The second-order valence-electron chi connectivity index (χ2n) is 6.08. The van der Waals surface area contributed by atoms with Crippen molar-refractivity contribution in [2.45, 2.75) is 57.0 Å². The first-order chi connectivity index (χ1) is 10.0. The van der Waals surface area contributed by atoms with E-state index in [-0.39, 0.29) is 12.1 Å². The highest BCUT2D eigenvalue weighted by molar-refractivity contribution is 5.87. The summed E-state index contributed by atoms with van der Waals surface area (Å²) in [5.41, 5.74) is -1.01. The second kappa shape index (κ2) is 6.64. The summed E-state index contributed by atoms with van der Waals surface area (Å²) in [6.07, 6.45) is 4.25. The van der Waals surface area contributed by atoms with Crippen LogP contribution in [0.25, 0.3) is 0 Å². The number of carboxylic acid groups (broad SMARTS) is 1. The molecule has 0 aliphatic carbocycles. The van der Waals surface area contributed by atoms with E-state index in [4.69, 9.17) is 4.74 Å². The van der Waals surface area contributed by atoms with E-state index in [9.17, 15) is 14.7 Å². The fourth-order valence-corrected chi connectivity index (χ4v) is 3.58. The lowest BCUT2D eigenvalue weighted by molar-refractivity contribution is -0.149. The number of amides is 2. The maximum atomic E-state index is 12.8. The summed E-state index contributed by atoms with van der Waals surface area (Å²) in [6, 6.07) is 0.00946. The molecule has 2 aliphatic rings. The Morgan fingerprint density at radius 1 is 1.38 bits per heavy atom. The monoisotopic (exact) mass is 298 g/mol. The maximum Gasteiger partial charge on any atom is 0.329 e. The molecule has 21 heavy (non-hydrogen) atoms. The molecular formula is C15H26N2O4. The fraction of sp³-hybridized carbons (Fsp3) is 0.867. The summed E-state index contributed by atoms with van der Waals surface area (Å²) < 4.78 is 5.33. The van der Waals surface area contributed by atoms with Crippen molar-refractivity contribution in [3.8, 4) is 0 Å². The molecule has 2 aliphatic heterocycles. The average molecular weight is 298 g/mol. The number of carboxylic acids is 1. The third-order valence-corrected chi connectivity index (χ3v) is 4.82. The molecule has 6 nitrogen and oxygen atoms in total. The third kappa shape index (κ3) is 3.00. The van der Waals surface area contributed by atoms with Crippen LogP contribution in [0.4, 0.5) is 4.79 Å². The fourth-order valence-electron chi connectivity index (χ4n) is 3.58. The lowest BCUT2D eigenvalue weighted by atomic mass is 9.91. The summed E-state index contributed by atoms with van der Waals surface area (Å²) in [4.78, 5) is 27.9. The van der Waals surface area contributed by atoms with Gasteiger partial charge in [-0.1, -0.05) is 13.3 Å². The van der Waals surface area contributed by atoms with Crippen molar-refractivity contribution < 1.29 is 19.4 Å². The Balaban J connectivity index is 2.13. The molecule has 0 saturated carbocycles. The van der Waals surface area contributed by atoms with Crippen LogP contribution in [-0.4, -0.2) is 65.3 Å². The van der Waals surface area contributed by atoms with Gasteiger partial charge in [0, 0.05) is 32.8 Å². The predicted molar refractivity (Wildman–Crippen MR) is 78.2 cm³/mol. The van der Waals surface area contributed by atoms with Gasteiger partial charge in [0.25, 0.3) is 0 Å². The van der Waals surface area contributed by atoms with Crippen LogP contribution in [-0.2, 0) is 9.53 Å². The highest BCUT2D eigenvalue weighted by atomic mass is 16.5. The molecular weight excluding hydrogens is 272 g/mol. The van der Waals surface area contributed by atoms with Gasteiger partial charge in [-0.15, -0.1) is 0 Å². The molecule has 1 atom stereocenters. The van der Waals surface area contributed by atoms with Crippen LogP contribution in [0.5, 0.6) is 0 Å². The molecule has 120 valence electrons. The smallest absolute Gasteiger partial charge is 0.329 e. The van der Waals surface area contributed by atoms with Crippen molar-refractivity contribution >= 4 is 12.0 Å². The van der Waals surface area contributed by atoms with Crippen LogP contribution >= 0.6 is 0 Å². The summed E-state index contributed by atoms with van der Waals surface area (Å²) in [7, 11) is 1.79. The van der Waals surface area contributed by atoms with Gasteiger partial charge < -0.3 is 19.6 Å². The lowest BCUT2D eigenvalue weighted by Crippen LogP contribution is -2.58. The molecule has 0 aromatic heterocycles. The number of hydrogen-bond acceptors (Lipinski definition) is 3. The van der Waals surface area contributed by atoms with Crippen LogP contribution in [0.15, 0.2) is 0 Å². The molecule has 0 bridgehead atoms. The normalized spacial score (nSPS) is 26.9. The third-order valence-electron chi connectivity index (χ3n) is 4.82. The molecule has 0 radical (unpaired) electrons. The van der Waals surface area contributed by atoms with E-state index in [2.05, 4.69) is 0 Å². The van der Waals surface area contributed by atoms with E-state index < -0.39 is 11.5 Å². The minimum atomic E-state index is -1.01. The Hall–Kier alpha value is -1.30. The highest BCUT2D eigenvalue weighted by Gasteiger charge is 2.50. The van der Waals surface area contributed by atoms with Gasteiger partial charge in [-0.25, -0.2) is 9.59 Å². The minimum absolute atomic E-state index is 0.143. The maximum absolute atomic E-state index is 12.8. The topological polar surface area (TPSA) is 70.1 Å². The van der Waals surface area contributed by atoms with Crippen molar-refractivity contribution in [2.24, 2.45) is 0 Å². The second-order valence-corrected chi connectivity index (χ2v) is 6.08. The number of nitrogens with zero attached hydrogens (tertiary/aromatic N) is 2. The standard InChI is InChI=1S/C15H26N2O4/c1-3-7-15(13(18)19)8-4-9-17(15)14(20)16(2)12-5-10-21-11-6-12/h12H,3-11H2,1-2H3,(H,18,19). The zero-order valence-corrected chi connectivity index (χ0v) is 13.0. The van der Waals surface area contributed by atoms with Crippen molar-refractivity contribution in [1.29, 1.82) is 0 Å². The number of likely N-dealkylation sites (tertiary alicyclic amines) is 1. The highest BCUT2D eigenvalue weighted by Crippen LogP contribution is 2.35. The quantitative estimate of drug-likeness (QED) is 0.861. The van der Waals surface area contributed by atoms with Gasteiger partial charge in [0.05, 0.1) is 0 Å². The van der Waals surface area contributed by atoms with Crippen molar-refractivity contribution in [1.82, 2.24) is 9.80 Å². The summed E-state index contributed by atoms with van der Waals surface area (Å²) in [5, 5.41) is 9.67. The Kier molecular flexibility index (Phi) is 5.08. The molecule has 2 heterocycles. The van der Waals surface area contributed by atoms with E-state index >= 15 is 0 Å². The lowest BCUT2D eigenvalue weighted by Gasteiger charge is -2.40. The van der Waals surface area contributed by atoms with Gasteiger partial charge >= 0.3 is 12.0 Å². The van der Waals surface area contributed by atoms with Crippen molar-refractivity contribution in [3.05, 3.63) is 0 Å². The molecule has 2 rings (SSSR count). The molecule has 0 aromatic carbocycles. The predicted octanol–water partition coefficient (Wildman–Crippen LogP) is 1.94. The number of ether oxygens (including phenoxy) is 1. The van der Waals surface area contributed by atoms with Crippen LogP contribution < -0.4 is 0 Å². The average Bonchev–Trinajstić information content (AvgIpc) is 2.92. The number of carbonyl (C=O) groups excluding carboxylic acids is 1. The van der Waals surface area contributed by atoms with E-state index in [1.54, 1.807) is 16.8 Å². The molecule has 1 N–H and O–H groups in total. The van der Waals surface area contributed by atoms with Gasteiger partial charge in [-0.05, 0) is 32.1 Å². The molecule has 6 heteroatoms. The Morgan fingerprint density at radius 2 is 2.05 bits per heavy atom. The van der Waals surface area contributed by atoms with Crippen molar-refractivity contribution in [2.75, 3.05) is 26.8 Å². The molecule has 2 fully saturated rings. The molecule has 2 saturated heterocycles. The molecule has 2 amide bonds.